The first-order valence-corrected chi connectivity index (χ1v) is 7.34. The van der Waals surface area contributed by atoms with Gasteiger partial charge in [-0.05, 0) is 19.1 Å². The number of halogens is 1. The van der Waals surface area contributed by atoms with Crippen LogP contribution in [0.3, 0.4) is 0 Å². The molecule has 8 heteroatoms. The lowest BCUT2D eigenvalue weighted by Gasteiger charge is -2.03. The summed E-state index contributed by atoms with van der Waals surface area (Å²) in [6, 6.07) is 3.03. The van der Waals surface area contributed by atoms with Crippen molar-refractivity contribution in [3.8, 4) is 0 Å². The minimum atomic E-state index is -3.57. The number of aromatic nitrogens is 2. The molecule has 1 N–H and O–H groups in total. The predicted octanol–water partition coefficient (Wildman–Crippen LogP) is 2.24. The maximum atomic E-state index is 12.0. The third-order valence-electron chi connectivity index (χ3n) is 2.07. The topological polar surface area (TPSA) is 64.0 Å². The lowest BCUT2D eigenvalue weighted by atomic mass is 10.4. The second-order valence-corrected chi connectivity index (χ2v) is 7.09. The number of rotatable bonds is 3. The lowest BCUT2D eigenvalue weighted by Crippen LogP contribution is -2.11. The van der Waals surface area contributed by atoms with E-state index in [2.05, 4.69) is 9.82 Å². The normalized spacial score (nSPS) is 11.7. The molecule has 0 unspecified atom stereocenters. The van der Waals surface area contributed by atoms with Crippen LogP contribution in [0.2, 0.25) is 4.34 Å². The van der Waals surface area contributed by atoms with Crippen molar-refractivity contribution in [2.75, 3.05) is 4.72 Å². The number of anilines is 1. The Kier molecular flexibility index (Phi) is 3.15. The van der Waals surface area contributed by atoms with Crippen LogP contribution in [0, 0.1) is 6.92 Å². The number of hydrogen-bond donors (Lipinski definition) is 1. The maximum Gasteiger partial charge on any atom is 0.271 e. The summed E-state index contributed by atoms with van der Waals surface area (Å²) in [6.07, 6.45) is 1.61. The molecule has 0 aliphatic heterocycles. The molecule has 5 nitrogen and oxygen atoms in total. The zero-order valence-corrected chi connectivity index (χ0v) is 11.5. The molecule has 2 rings (SSSR count). The van der Waals surface area contributed by atoms with Crippen molar-refractivity contribution >= 4 is 38.6 Å². The molecule has 17 heavy (non-hydrogen) atoms. The van der Waals surface area contributed by atoms with Gasteiger partial charge >= 0.3 is 0 Å². The number of sulfonamides is 1. The third kappa shape index (κ3) is 2.62. The van der Waals surface area contributed by atoms with Gasteiger partial charge in [0, 0.05) is 13.2 Å². The minimum Gasteiger partial charge on any atom is -0.275 e. The molecule has 0 bridgehead atoms. The van der Waals surface area contributed by atoms with Crippen LogP contribution < -0.4 is 4.72 Å². The molecule has 0 amide bonds. The Hall–Kier alpha value is -1.05. The Bertz CT molecular complexity index is 645. The average Bonchev–Trinajstić information content (AvgIpc) is 2.74. The van der Waals surface area contributed by atoms with E-state index in [-0.39, 0.29) is 4.21 Å². The molecule has 2 heterocycles. The van der Waals surface area contributed by atoms with E-state index in [1.165, 1.54) is 6.07 Å². The SMILES string of the molecule is Cc1nn(C)cc1NS(=O)(=O)c1ccc(Cl)s1. The number of hydrogen-bond acceptors (Lipinski definition) is 4. The van der Waals surface area contributed by atoms with Crippen molar-refractivity contribution in [2.45, 2.75) is 11.1 Å². The van der Waals surface area contributed by atoms with Gasteiger partial charge in [-0.25, -0.2) is 8.42 Å². The van der Waals surface area contributed by atoms with Gasteiger partial charge in [0.2, 0.25) is 0 Å². The fourth-order valence-corrected chi connectivity index (χ4v) is 3.92. The summed E-state index contributed by atoms with van der Waals surface area (Å²) in [5, 5.41) is 4.06. The fraction of sp³-hybridized carbons (Fsp3) is 0.222. The minimum absolute atomic E-state index is 0.186. The van der Waals surface area contributed by atoms with E-state index in [1.54, 1.807) is 30.9 Å². The van der Waals surface area contributed by atoms with Gasteiger partial charge in [0.1, 0.15) is 4.21 Å². The molecular weight excluding hydrogens is 282 g/mol. The molecule has 0 saturated heterocycles. The quantitative estimate of drug-likeness (QED) is 0.943. The smallest absolute Gasteiger partial charge is 0.271 e. The summed E-state index contributed by atoms with van der Waals surface area (Å²) in [7, 11) is -1.84. The molecule has 2 aromatic heterocycles. The highest BCUT2D eigenvalue weighted by Gasteiger charge is 2.18. The molecule has 0 spiro atoms. The number of nitrogens with one attached hydrogen (secondary N) is 1. The van der Waals surface area contributed by atoms with E-state index < -0.39 is 10.0 Å². The highest BCUT2D eigenvalue weighted by molar-refractivity contribution is 7.94. The van der Waals surface area contributed by atoms with Crippen molar-refractivity contribution in [2.24, 2.45) is 7.05 Å². The standard InChI is InChI=1S/C9H10ClN3O2S2/c1-6-7(5-13(2)11-6)12-17(14,15)9-4-3-8(10)16-9/h3-5,12H,1-2H3. The third-order valence-corrected chi connectivity index (χ3v) is 5.16. The van der Waals surface area contributed by atoms with Crippen LogP contribution in [0.25, 0.3) is 0 Å². The Labute approximate surface area is 108 Å². The molecule has 92 valence electrons. The van der Waals surface area contributed by atoms with E-state index in [1.807, 2.05) is 0 Å². The van der Waals surface area contributed by atoms with Crippen LogP contribution in [0.4, 0.5) is 5.69 Å². The second-order valence-electron chi connectivity index (χ2n) is 3.47. The Balaban J connectivity index is 2.32. The summed E-state index contributed by atoms with van der Waals surface area (Å²) < 4.78 is 28.6. The van der Waals surface area contributed by atoms with Crippen LogP contribution in [0.1, 0.15) is 5.69 Å². The van der Waals surface area contributed by atoms with E-state index in [0.717, 1.165) is 11.3 Å². The van der Waals surface area contributed by atoms with E-state index in [0.29, 0.717) is 15.7 Å². The molecule has 2 aromatic rings. The molecule has 0 fully saturated rings. The predicted molar refractivity (Wildman–Crippen MR) is 68.1 cm³/mol. The van der Waals surface area contributed by atoms with Crippen LogP contribution in [-0.2, 0) is 17.1 Å². The summed E-state index contributed by atoms with van der Waals surface area (Å²) in [4.78, 5) is 0. The van der Waals surface area contributed by atoms with Crippen LogP contribution in [0.15, 0.2) is 22.5 Å². The maximum absolute atomic E-state index is 12.0. The Morgan fingerprint density at radius 2 is 2.18 bits per heavy atom. The highest BCUT2D eigenvalue weighted by atomic mass is 35.5. The van der Waals surface area contributed by atoms with Crippen molar-refractivity contribution in [1.29, 1.82) is 0 Å². The van der Waals surface area contributed by atoms with Gasteiger partial charge in [0.05, 0.1) is 15.7 Å². The summed E-state index contributed by atoms with van der Waals surface area (Å²) >= 11 is 6.73. The zero-order valence-electron chi connectivity index (χ0n) is 9.14. The monoisotopic (exact) mass is 291 g/mol. The Morgan fingerprint density at radius 3 is 2.65 bits per heavy atom. The first-order valence-electron chi connectivity index (χ1n) is 4.67. The van der Waals surface area contributed by atoms with E-state index >= 15 is 0 Å². The van der Waals surface area contributed by atoms with Crippen molar-refractivity contribution < 1.29 is 8.42 Å². The fourth-order valence-electron chi connectivity index (χ4n) is 1.34. The van der Waals surface area contributed by atoms with Gasteiger partial charge < -0.3 is 0 Å². The Morgan fingerprint density at radius 1 is 1.47 bits per heavy atom. The molecule has 0 radical (unpaired) electrons. The van der Waals surface area contributed by atoms with Crippen molar-refractivity contribution in [3.05, 3.63) is 28.4 Å². The molecule has 0 atom stereocenters. The van der Waals surface area contributed by atoms with Gasteiger partial charge in [-0.1, -0.05) is 11.6 Å². The van der Waals surface area contributed by atoms with Gasteiger partial charge in [-0.2, -0.15) is 5.10 Å². The largest absolute Gasteiger partial charge is 0.275 e. The molecule has 0 aliphatic rings. The van der Waals surface area contributed by atoms with E-state index in [4.69, 9.17) is 11.6 Å². The zero-order chi connectivity index (χ0) is 12.6. The van der Waals surface area contributed by atoms with Gasteiger partial charge in [-0.3, -0.25) is 9.40 Å². The van der Waals surface area contributed by atoms with Gasteiger partial charge in [0.15, 0.2) is 0 Å². The summed E-state index contributed by atoms with van der Waals surface area (Å²) in [5.41, 5.74) is 1.09. The van der Waals surface area contributed by atoms with E-state index in [9.17, 15) is 8.42 Å². The molecular formula is C9H10ClN3O2S2. The van der Waals surface area contributed by atoms with Crippen LogP contribution in [0.5, 0.6) is 0 Å². The number of nitrogens with zero attached hydrogens (tertiary/aromatic N) is 2. The summed E-state index contributed by atoms with van der Waals surface area (Å²) in [6.45, 7) is 1.74. The van der Waals surface area contributed by atoms with Crippen molar-refractivity contribution in [3.63, 3.8) is 0 Å². The average molecular weight is 292 g/mol. The van der Waals surface area contributed by atoms with Gasteiger partial charge in [-0.15, -0.1) is 11.3 Å². The second kappa shape index (κ2) is 4.32. The number of thiophene rings is 1. The van der Waals surface area contributed by atoms with Crippen LogP contribution in [-0.4, -0.2) is 18.2 Å². The highest BCUT2D eigenvalue weighted by Crippen LogP contribution is 2.27. The lowest BCUT2D eigenvalue weighted by molar-refractivity contribution is 0.603. The first-order chi connectivity index (χ1) is 7.88. The molecule has 0 aliphatic carbocycles. The van der Waals surface area contributed by atoms with Gasteiger partial charge in [0.25, 0.3) is 10.0 Å². The first kappa shape index (κ1) is 12.4. The van der Waals surface area contributed by atoms with Crippen LogP contribution >= 0.6 is 22.9 Å². The molecule has 0 saturated carbocycles. The number of aryl methyl sites for hydroxylation is 2. The van der Waals surface area contributed by atoms with Crippen molar-refractivity contribution in [1.82, 2.24) is 9.78 Å². The molecule has 0 aromatic carbocycles. The summed E-state index contributed by atoms with van der Waals surface area (Å²) in [5.74, 6) is 0.